The van der Waals surface area contributed by atoms with Crippen LogP contribution in [0.2, 0.25) is 0 Å². The highest BCUT2D eigenvalue weighted by Gasteiger charge is 2.26. The number of hydrogen-bond acceptors (Lipinski definition) is 5. The highest BCUT2D eigenvalue weighted by atomic mass is 16.6. The summed E-state index contributed by atoms with van der Waals surface area (Å²) in [6.45, 7) is 0.545. The molecule has 0 heterocycles. The number of benzene rings is 1. The van der Waals surface area contributed by atoms with Gasteiger partial charge in [-0.1, -0.05) is 30.3 Å². The smallest absolute Gasteiger partial charge is 0.344 e. The molecule has 1 aromatic rings. The van der Waals surface area contributed by atoms with E-state index in [-0.39, 0.29) is 19.2 Å². The van der Waals surface area contributed by atoms with Gasteiger partial charge in [0.15, 0.2) is 6.61 Å². The van der Waals surface area contributed by atoms with Crippen molar-refractivity contribution in [1.29, 1.82) is 0 Å². The van der Waals surface area contributed by atoms with Crippen LogP contribution in [0.1, 0.15) is 24.8 Å². The van der Waals surface area contributed by atoms with E-state index in [9.17, 15) is 9.59 Å². The molecule has 1 fully saturated rings. The zero-order valence-electron chi connectivity index (χ0n) is 12.3. The summed E-state index contributed by atoms with van der Waals surface area (Å²) >= 11 is 0. The molecule has 0 unspecified atom stereocenters. The number of esters is 2. The molecule has 0 radical (unpaired) electrons. The molecule has 1 aromatic carbocycles. The van der Waals surface area contributed by atoms with Crippen LogP contribution in [0.25, 0.3) is 0 Å². The van der Waals surface area contributed by atoms with Gasteiger partial charge in [0.2, 0.25) is 0 Å². The molecule has 0 atom stereocenters. The topological polar surface area (TPSA) is 55.8 Å². The minimum atomic E-state index is -0.525. The van der Waals surface area contributed by atoms with Gasteiger partial charge < -0.3 is 14.4 Å². The van der Waals surface area contributed by atoms with Crippen molar-refractivity contribution in [3.63, 3.8) is 0 Å². The molecule has 0 amide bonds. The highest BCUT2D eigenvalue weighted by Crippen LogP contribution is 2.25. The number of ether oxygens (including phenoxy) is 2. The van der Waals surface area contributed by atoms with Crippen molar-refractivity contribution in [3.05, 3.63) is 35.9 Å². The molecule has 0 N–H and O–H groups in total. The van der Waals surface area contributed by atoms with Crippen molar-refractivity contribution >= 4 is 11.9 Å². The summed E-state index contributed by atoms with van der Waals surface area (Å²) in [6, 6.07) is 10.00. The SMILES string of the molecule is CN(CCC(=O)OCC(=O)OCc1ccccc1)C1CC1. The van der Waals surface area contributed by atoms with E-state index in [2.05, 4.69) is 4.90 Å². The molecule has 1 saturated carbocycles. The number of carbonyl (C=O) groups excluding carboxylic acids is 2. The Balaban J connectivity index is 1.56. The Hall–Kier alpha value is -1.88. The number of carbonyl (C=O) groups is 2. The van der Waals surface area contributed by atoms with Gasteiger partial charge >= 0.3 is 11.9 Å². The molecule has 5 nitrogen and oxygen atoms in total. The molecule has 21 heavy (non-hydrogen) atoms. The zero-order chi connectivity index (χ0) is 15.1. The van der Waals surface area contributed by atoms with Gasteiger partial charge in [0, 0.05) is 12.6 Å². The Kier molecular flexibility index (Phi) is 5.75. The summed E-state index contributed by atoms with van der Waals surface area (Å²) in [4.78, 5) is 25.1. The first-order valence-corrected chi connectivity index (χ1v) is 7.20. The molecule has 5 heteroatoms. The maximum atomic E-state index is 11.5. The Labute approximate surface area is 124 Å². The summed E-state index contributed by atoms with van der Waals surface area (Å²) in [6.07, 6.45) is 2.72. The first kappa shape index (κ1) is 15.5. The van der Waals surface area contributed by atoms with Crippen LogP contribution in [0, 0.1) is 0 Å². The summed E-state index contributed by atoms with van der Waals surface area (Å²) in [7, 11) is 2.00. The molecule has 0 bridgehead atoms. The summed E-state index contributed by atoms with van der Waals surface area (Å²) in [5, 5.41) is 0. The minimum Gasteiger partial charge on any atom is -0.458 e. The van der Waals surface area contributed by atoms with Gasteiger partial charge in [0.25, 0.3) is 0 Å². The van der Waals surface area contributed by atoms with E-state index in [1.165, 1.54) is 12.8 Å². The van der Waals surface area contributed by atoms with Crippen LogP contribution in [-0.2, 0) is 25.7 Å². The quantitative estimate of drug-likeness (QED) is 0.683. The average Bonchev–Trinajstić information content (AvgIpc) is 3.34. The van der Waals surface area contributed by atoms with Crippen LogP contribution in [-0.4, -0.2) is 43.1 Å². The largest absolute Gasteiger partial charge is 0.458 e. The molecule has 0 aliphatic heterocycles. The third kappa shape index (κ3) is 5.95. The van der Waals surface area contributed by atoms with Crippen molar-refractivity contribution in [2.75, 3.05) is 20.2 Å². The Morgan fingerprint density at radius 2 is 1.86 bits per heavy atom. The third-order valence-corrected chi connectivity index (χ3v) is 3.43. The van der Waals surface area contributed by atoms with E-state index < -0.39 is 5.97 Å². The monoisotopic (exact) mass is 291 g/mol. The summed E-state index contributed by atoms with van der Waals surface area (Å²) in [5.74, 6) is -0.887. The van der Waals surface area contributed by atoms with Crippen molar-refractivity contribution in [2.24, 2.45) is 0 Å². The lowest BCUT2D eigenvalue weighted by molar-refractivity contribution is -0.159. The molecule has 0 aromatic heterocycles. The van der Waals surface area contributed by atoms with Crippen LogP contribution in [0.5, 0.6) is 0 Å². The first-order chi connectivity index (χ1) is 10.1. The molecule has 114 valence electrons. The summed E-state index contributed by atoms with van der Waals surface area (Å²) < 4.78 is 9.93. The second kappa shape index (κ2) is 7.78. The molecule has 2 rings (SSSR count). The van der Waals surface area contributed by atoms with E-state index in [1.54, 1.807) is 0 Å². The normalized spacial score (nSPS) is 14.0. The van der Waals surface area contributed by atoms with Gasteiger partial charge in [0.05, 0.1) is 6.42 Å². The van der Waals surface area contributed by atoms with E-state index in [1.807, 2.05) is 37.4 Å². The van der Waals surface area contributed by atoms with Crippen molar-refractivity contribution in [3.8, 4) is 0 Å². The van der Waals surface area contributed by atoms with E-state index in [0.29, 0.717) is 19.0 Å². The van der Waals surface area contributed by atoms with E-state index in [4.69, 9.17) is 9.47 Å². The van der Waals surface area contributed by atoms with Gasteiger partial charge in [-0.2, -0.15) is 0 Å². The van der Waals surface area contributed by atoms with Crippen molar-refractivity contribution in [1.82, 2.24) is 4.90 Å². The number of rotatable bonds is 8. The predicted octanol–water partition coefficient (Wildman–Crippen LogP) is 1.76. The Morgan fingerprint density at radius 3 is 2.52 bits per heavy atom. The van der Waals surface area contributed by atoms with Crippen molar-refractivity contribution < 1.29 is 19.1 Å². The van der Waals surface area contributed by atoms with Crippen LogP contribution in [0.4, 0.5) is 0 Å². The van der Waals surface area contributed by atoms with Gasteiger partial charge in [-0.3, -0.25) is 4.79 Å². The van der Waals surface area contributed by atoms with Crippen molar-refractivity contribution in [2.45, 2.75) is 31.9 Å². The Morgan fingerprint density at radius 1 is 1.14 bits per heavy atom. The molecule has 0 saturated heterocycles. The third-order valence-electron chi connectivity index (χ3n) is 3.43. The molecular formula is C16H21NO4. The van der Waals surface area contributed by atoms with Crippen LogP contribution < -0.4 is 0 Å². The second-order valence-corrected chi connectivity index (χ2v) is 5.27. The maximum absolute atomic E-state index is 11.5. The average molecular weight is 291 g/mol. The lowest BCUT2D eigenvalue weighted by atomic mass is 10.2. The van der Waals surface area contributed by atoms with Gasteiger partial charge in [0.1, 0.15) is 6.61 Å². The fourth-order valence-electron chi connectivity index (χ4n) is 1.96. The lowest BCUT2D eigenvalue weighted by Gasteiger charge is -2.14. The second-order valence-electron chi connectivity index (χ2n) is 5.27. The first-order valence-electron chi connectivity index (χ1n) is 7.20. The minimum absolute atomic E-state index is 0.196. The van der Waals surface area contributed by atoms with E-state index >= 15 is 0 Å². The van der Waals surface area contributed by atoms with Gasteiger partial charge in [-0.05, 0) is 25.5 Å². The molecule has 1 aliphatic carbocycles. The Bertz CT molecular complexity index is 470. The van der Waals surface area contributed by atoms with Gasteiger partial charge in [-0.25, -0.2) is 4.79 Å². The van der Waals surface area contributed by atoms with E-state index in [0.717, 1.165) is 5.56 Å². The molecule has 0 spiro atoms. The van der Waals surface area contributed by atoms with Crippen LogP contribution >= 0.6 is 0 Å². The fourth-order valence-corrected chi connectivity index (χ4v) is 1.96. The van der Waals surface area contributed by atoms with Gasteiger partial charge in [-0.15, -0.1) is 0 Å². The predicted molar refractivity (Wildman–Crippen MR) is 77.5 cm³/mol. The standard InChI is InChI=1S/C16H21NO4/c1-17(14-7-8-14)10-9-15(18)21-12-16(19)20-11-13-5-3-2-4-6-13/h2-6,14H,7-12H2,1H3. The van der Waals surface area contributed by atoms with Crippen LogP contribution in [0.15, 0.2) is 30.3 Å². The number of nitrogens with zero attached hydrogens (tertiary/aromatic N) is 1. The highest BCUT2D eigenvalue weighted by molar-refractivity contribution is 5.76. The summed E-state index contributed by atoms with van der Waals surface area (Å²) in [5.41, 5.74) is 0.906. The molecule has 1 aliphatic rings. The lowest BCUT2D eigenvalue weighted by Crippen LogP contribution is -2.25. The fraction of sp³-hybridized carbons (Fsp3) is 0.500. The van der Waals surface area contributed by atoms with Crippen LogP contribution in [0.3, 0.4) is 0 Å². The molecular weight excluding hydrogens is 270 g/mol. The zero-order valence-corrected chi connectivity index (χ0v) is 12.3. The number of hydrogen-bond donors (Lipinski definition) is 0. The maximum Gasteiger partial charge on any atom is 0.344 e.